The molecule has 0 bridgehead atoms. The number of nitrogens with zero attached hydrogens (tertiary/aromatic N) is 5. The summed E-state index contributed by atoms with van der Waals surface area (Å²) >= 11 is 5.76. The largest absolute Gasteiger partial charge is 0.322 e. The van der Waals surface area contributed by atoms with E-state index in [2.05, 4.69) is 20.8 Å². The van der Waals surface area contributed by atoms with Crippen LogP contribution in [0.25, 0.3) is 11.4 Å². The fourth-order valence-corrected chi connectivity index (χ4v) is 2.42. The van der Waals surface area contributed by atoms with E-state index in [1.807, 2.05) is 0 Å². The van der Waals surface area contributed by atoms with E-state index in [9.17, 15) is 14.9 Å². The molecule has 3 aromatic rings. The van der Waals surface area contributed by atoms with E-state index < -0.39 is 10.8 Å². The monoisotopic (exact) mass is 358 g/mol. The molecule has 0 radical (unpaired) electrons. The lowest BCUT2D eigenvalue weighted by molar-refractivity contribution is -0.385. The zero-order chi connectivity index (χ0) is 18.0. The highest BCUT2D eigenvalue weighted by Gasteiger charge is 2.21. The fourth-order valence-electron chi connectivity index (χ4n) is 2.26. The number of aromatic nitrogens is 4. The topological polar surface area (TPSA) is 116 Å². The Morgan fingerprint density at radius 3 is 2.76 bits per heavy atom. The first-order chi connectivity index (χ1) is 12.0. The van der Waals surface area contributed by atoms with Crippen molar-refractivity contribution in [2.24, 2.45) is 7.05 Å². The molecule has 0 atom stereocenters. The highest BCUT2D eigenvalue weighted by Crippen LogP contribution is 2.25. The van der Waals surface area contributed by atoms with E-state index in [1.165, 1.54) is 16.8 Å². The van der Waals surface area contributed by atoms with Crippen LogP contribution < -0.4 is 5.32 Å². The number of hydrogen-bond acceptors (Lipinski definition) is 6. The van der Waals surface area contributed by atoms with Crippen LogP contribution in [-0.4, -0.2) is 31.0 Å². The lowest BCUT2D eigenvalue weighted by atomic mass is 10.1. The molecule has 0 unspecified atom stereocenters. The fraction of sp³-hybridized carbons (Fsp3) is 0.0667. The third-order valence-electron chi connectivity index (χ3n) is 3.40. The van der Waals surface area contributed by atoms with Crippen LogP contribution in [0.1, 0.15) is 10.4 Å². The minimum atomic E-state index is -0.650. The minimum Gasteiger partial charge on any atom is -0.322 e. The SMILES string of the molecule is Cn1nnnc1-c1cccc(NC(=O)c2ccc(Cl)cc2[N+](=O)[O-])c1. The maximum absolute atomic E-state index is 12.4. The second-order valence-corrected chi connectivity index (χ2v) is 5.52. The van der Waals surface area contributed by atoms with Crippen LogP contribution in [0, 0.1) is 10.1 Å². The van der Waals surface area contributed by atoms with E-state index in [0.717, 1.165) is 6.07 Å². The number of nitro benzene ring substituents is 1. The van der Waals surface area contributed by atoms with Gasteiger partial charge in [0.25, 0.3) is 11.6 Å². The number of benzene rings is 2. The zero-order valence-electron chi connectivity index (χ0n) is 12.9. The summed E-state index contributed by atoms with van der Waals surface area (Å²) < 4.78 is 1.49. The second kappa shape index (κ2) is 6.65. The van der Waals surface area contributed by atoms with Crippen molar-refractivity contribution in [1.82, 2.24) is 20.2 Å². The van der Waals surface area contributed by atoms with Crippen molar-refractivity contribution >= 4 is 28.9 Å². The first-order valence-electron chi connectivity index (χ1n) is 7.04. The van der Waals surface area contributed by atoms with Gasteiger partial charge in [-0.1, -0.05) is 23.7 Å². The van der Waals surface area contributed by atoms with Gasteiger partial charge in [-0.3, -0.25) is 14.9 Å². The van der Waals surface area contributed by atoms with Crippen LogP contribution in [0.15, 0.2) is 42.5 Å². The number of rotatable bonds is 4. The normalized spacial score (nSPS) is 10.5. The van der Waals surface area contributed by atoms with Crippen LogP contribution in [-0.2, 0) is 7.05 Å². The highest BCUT2D eigenvalue weighted by atomic mass is 35.5. The molecule has 0 saturated carbocycles. The van der Waals surface area contributed by atoms with Crippen molar-refractivity contribution in [3.05, 3.63) is 63.2 Å². The number of aryl methyl sites for hydroxylation is 1. The van der Waals surface area contributed by atoms with Gasteiger partial charge in [0.15, 0.2) is 5.82 Å². The smallest absolute Gasteiger partial charge is 0.283 e. The summed E-state index contributed by atoms with van der Waals surface area (Å²) in [6, 6.07) is 10.7. The molecule has 1 heterocycles. The standard InChI is InChI=1S/C15H11ClN6O3/c1-21-14(18-19-20-21)9-3-2-4-11(7-9)17-15(23)12-6-5-10(16)8-13(12)22(24)25/h2-8H,1H3,(H,17,23). The number of nitro groups is 1. The second-order valence-electron chi connectivity index (χ2n) is 5.08. The summed E-state index contributed by atoms with van der Waals surface area (Å²) in [5.74, 6) is -0.0924. The van der Waals surface area contributed by atoms with E-state index >= 15 is 0 Å². The van der Waals surface area contributed by atoms with Crippen molar-refractivity contribution in [2.75, 3.05) is 5.32 Å². The van der Waals surface area contributed by atoms with Crippen LogP contribution >= 0.6 is 11.6 Å². The summed E-state index contributed by atoms with van der Waals surface area (Å²) in [5, 5.41) is 25.1. The molecule has 1 amide bonds. The number of carbonyl (C=O) groups is 1. The number of nitrogens with one attached hydrogen (secondary N) is 1. The van der Waals surface area contributed by atoms with Crippen molar-refractivity contribution in [2.45, 2.75) is 0 Å². The van der Waals surface area contributed by atoms with Gasteiger partial charge in [-0.05, 0) is 34.7 Å². The Kier molecular flexibility index (Phi) is 4.40. The van der Waals surface area contributed by atoms with Crippen LogP contribution in [0.4, 0.5) is 11.4 Å². The lowest BCUT2D eigenvalue weighted by Gasteiger charge is -2.07. The number of halogens is 1. The molecular formula is C15H11ClN6O3. The molecular weight excluding hydrogens is 348 g/mol. The van der Waals surface area contributed by atoms with E-state index in [-0.39, 0.29) is 16.3 Å². The van der Waals surface area contributed by atoms with E-state index in [0.29, 0.717) is 17.1 Å². The molecule has 0 aliphatic carbocycles. The first kappa shape index (κ1) is 16.5. The molecule has 1 aromatic heterocycles. The van der Waals surface area contributed by atoms with Crippen LogP contribution in [0.2, 0.25) is 5.02 Å². The molecule has 10 heteroatoms. The van der Waals surface area contributed by atoms with Gasteiger partial charge in [-0.15, -0.1) is 5.10 Å². The lowest BCUT2D eigenvalue weighted by Crippen LogP contribution is -2.14. The Morgan fingerprint density at radius 1 is 1.28 bits per heavy atom. The van der Waals surface area contributed by atoms with Gasteiger partial charge in [-0.2, -0.15) is 0 Å². The number of amides is 1. The van der Waals surface area contributed by atoms with Gasteiger partial charge in [0.1, 0.15) is 5.56 Å². The van der Waals surface area contributed by atoms with Crippen molar-refractivity contribution < 1.29 is 9.72 Å². The van der Waals surface area contributed by atoms with Gasteiger partial charge in [0.2, 0.25) is 0 Å². The quantitative estimate of drug-likeness (QED) is 0.566. The summed E-state index contributed by atoms with van der Waals surface area (Å²) in [7, 11) is 1.69. The molecule has 0 spiro atoms. The van der Waals surface area contributed by atoms with Crippen molar-refractivity contribution in [1.29, 1.82) is 0 Å². The molecule has 3 rings (SSSR count). The van der Waals surface area contributed by atoms with E-state index in [1.54, 1.807) is 31.3 Å². The Balaban J connectivity index is 1.90. The van der Waals surface area contributed by atoms with Gasteiger partial charge >= 0.3 is 0 Å². The molecule has 0 aliphatic heterocycles. The number of tetrazole rings is 1. The molecule has 25 heavy (non-hydrogen) atoms. The number of anilines is 1. The maximum Gasteiger partial charge on any atom is 0.283 e. The minimum absolute atomic E-state index is 0.0832. The average molecular weight is 359 g/mol. The molecule has 0 aliphatic rings. The maximum atomic E-state index is 12.4. The number of hydrogen-bond donors (Lipinski definition) is 1. The third-order valence-corrected chi connectivity index (χ3v) is 3.63. The summed E-state index contributed by atoms with van der Waals surface area (Å²) in [6.07, 6.45) is 0. The van der Waals surface area contributed by atoms with E-state index in [4.69, 9.17) is 11.6 Å². The Hall–Kier alpha value is -3.33. The summed E-state index contributed by atoms with van der Waals surface area (Å²) in [4.78, 5) is 22.9. The molecule has 0 saturated heterocycles. The molecule has 0 fully saturated rings. The van der Waals surface area contributed by atoms with Gasteiger partial charge in [0, 0.05) is 29.4 Å². The van der Waals surface area contributed by atoms with Gasteiger partial charge in [0.05, 0.1) is 4.92 Å². The van der Waals surface area contributed by atoms with Crippen LogP contribution in [0.5, 0.6) is 0 Å². The summed E-state index contributed by atoms with van der Waals surface area (Å²) in [5.41, 5.74) is 0.699. The zero-order valence-corrected chi connectivity index (χ0v) is 13.6. The highest BCUT2D eigenvalue weighted by molar-refractivity contribution is 6.31. The molecule has 1 N–H and O–H groups in total. The van der Waals surface area contributed by atoms with Gasteiger partial charge < -0.3 is 5.32 Å². The predicted molar refractivity (Wildman–Crippen MR) is 90.3 cm³/mol. The molecule has 126 valence electrons. The predicted octanol–water partition coefficient (Wildman–Crippen LogP) is 2.69. The Bertz CT molecular complexity index is 971. The molecule has 9 nitrogen and oxygen atoms in total. The Labute approximate surface area is 146 Å². The first-order valence-corrected chi connectivity index (χ1v) is 7.41. The van der Waals surface area contributed by atoms with Gasteiger partial charge in [-0.25, -0.2) is 4.68 Å². The van der Waals surface area contributed by atoms with Crippen molar-refractivity contribution in [3.63, 3.8) is 0 Å². The third kappa shape index (κ3) is 3.45. The van der Waals surface area contributed by atoms with Crippen molar-refractivity contribution in [3.8, 4) is 11.4 Å². The van der Waals surface area contributed by atoms with Crippen LogP contribution in [0.3, 0.4) is 0 Å². The molecule has 2 aromatic carbocycles. The number of carbonyl (C=O) groups excluding carboxylic acids is 1. The average Bonchev–Trinajstić information content (AvgIpc) is 3.01. The summed E-state index contributed by atoms with van der Waals surface area (Å²) in [6.45, 7) is 0. The Morgan fingerprint density at radius 2 is 2.08 bits per heavy atom.